The monoisotopic (exact) mass is 244 g/mol. The van der Waals surface area contributed by atoms with Crippen molar-refractivity contribution < 1.29 is 13.2 Å². The number of hydrogen-bond donors (Lipinski definition) is 2. The van der Waals surface area contributed by atoms with Crippen molar-refractivity contribution in [3.63, 3.8) is 0 Å². The second-order valence-electron chi connectivity index (χ2n) is 4.31. The van der Waals surface area contributed by atoms with Gasteiger partial charge in [-0.15, -0.1) is 0 Å². The maximum absolute atomic E-state index is 12.6. The highest BCUT2D eigenvalue weighted by molar-refractivity contribution is 5.59. The van der Waals surface area contributed by atoms with E-state index in [4.69, 9.17) is 5.73 Å². The first-order valence-corrected chi connectivity index (χ1v) is 5.67. The predicted molar refractivity (Wildman–Crippen MR) is 61.0 cm³/mol. The van der Waals surface area contributed by atoms with Gasteiger partial charge in [0.25, 0.3) is 0 Å². The molecule has 0 amide bonds. The summed E-state index contributed by atoms with van der Waals surface area (Å²) < 4.78 is 37.8. The van der Waals surface area contributed by atoms with Crippen LogP contribution in [0.25, 0.3) is 0 Å². The van der Waals surface area contributed by atoms with E-state index in [1.54, 1.807) is 0 Å². The lowest BCUT2D eigenvalue weighted by atomic mass is 9.95. The Labute approximate surface area is 98.0 Å². The summed E-state index contributed by atoms with van der Waals surface area (Å²) in [4.78, 5) is 0. The van der Waals surface area contributed by atoms with Gasteiger partial charge in [0, 0.05) is 18.2 Å². The molecule has 3 N–H and O–H groups in total. The first-order valence-electron chi connectivity index (χ1n) is 5.67. The normalized spacial score (nSPS) is 18.9. The van der Waals surface area contributed by atoms with Crippen LogP contribution in [0.1, 0.15) is 29.9 Å². The fourth-order valence-electron chi connectivity index (χ4n) is 2.20. The summed E-state index contributed by atoms with van der Waals surface area (Å²) in [7, 11) is 0. The predicted octanol–water partition coefficient (Wildman–Crippen LogP) is 2.95. The number of fused-ring (bicyclic) bond motifs is 1. The van der Waals surface area contributed by atoms with Crippen molar-refractivity contribution in [1.82, 2.24) is 0 Å². The van der Waals surface area contributed by atoms with E-state index in [0.717, 1.165) is 30.2 Å². The van der Waals surface area contributed by atoms with Gasteiger partial charge in [-0.2, -0.15) is 13.2 Å². The molecule has 1 aliphatic heterocycles. The van der Waals surface area contributed by atoms with E-state index in [1.807, 2.05) is 0 Å². The van der Waals surface area contributed by atoms with E-state index in [0.29, 0.717) is 13.1 Å². The summed E-state index contributed by atoms with van der Waals surface area (Å²) in [5, 5.41) is 3.13. The fourth-order valence-corrected chi connectivity index (χ4v) is 2.20. The van der Waals surface area contributed by atoms with Crippen LogP contribution in [0.3, 0.4) is 0 Å². The summed E-state index contributed by atoms with van der Waals surface area (Å²) in [5.74, 6) is 0.149. The maximum Gasteiger partial charge on any atom is 0.416 e. The lowest BCUT2D eigenvalue weighted by Crippen LogP contribution is -2.07. The standard InChI is InChI=1S/C12H15F3N2/c13-12(14,15)9-3-4-11-10(6-9)8(7-17-11)2-1-5-16/h3-4,6,8,17H,1-2,5,7,16H2. The van der Waals surface area contributed by atoms with E-state index in [-0.39, 0.29) is 5.92 Å². The van der Waals surface area contributed by atoms with Gasteiger partial charge in [0.1, 0.15) is 0 Å². The van der Waals surface area contributed by atoms with Crippen LogP contribution in [0.4, 0.5) is 18.9 Å². The van der Waals surface area contributed by atoms with E-state index < -0.39 is 11.7 Å². The lowest BCUT2D eigenvalue weighted by Gasteiger charge is -2.12. The number of alkyl halides is 3. The molecule has 5 heteroatoms. The molecule has 2 nitrogen and oxygen atoms in total. The topological polar surface area (TPSA) is 38.0 Å². The Kier molecular flexibility index (Phi) is 3.28. The Bertz CT molecular complexity index is 401. The van der Waals surface area contributed by atoms with Crippen molar-refractivity contribution in [1.29, 1.82) is 0 Å². The number of benzene rings is 1. The third-order valence-electron chi connectivity index (χ3n) is 3.11. The Morgan fingerprint density at radius 2 is 2.12 bits per heavy atom. The Hall–Kier alpha value is -1.23. The highest BCUT2D eigenvalue weighted by Gasteiger charge is 2.33. The SMILES string of the molecule is NCCCC1CNc2ccc(C(F)(F)F)cc21. The molecule has 0 bridgehead atoms. The van der Waals surface area contributed by atoms with Gasteiger partial charge in [-0.25, -0.2) is 0 Å². The van der Waals surface area contributed by atoms with Gasteiger partial charge in [0.2, 0.25) is 0 Å². The second-order valence-corrected chi connectivity index (χ2v) is 4.31. The zero-order valence-electron chi connectivity index (χ0n) is 9.35. The van der Waals surface area contributed by atoms with Crippen molar-refractivity contribution >= 4 is 5.69 Å². The summed E-state index contributed by atoms with van der Waals surface area (Å²) in [6.07, 6.45) is -2.60. The van der Waals surface area contributed by atoms with Crippen molar-refractivity contribution in [3.05, 3.63) is 29.3 Å². The zero-order valence-corrected chi connectivity index (χ0v) is 9.35. The maximum atomic E-state index is 12.6. The molecule has 1 atom stereocenters. The number of anilines is 1. The average Bonchev–Trinajstić information content (AvgIpc) is 2.67. The van der Waals surface area contributed by atoms with Crippen LogP contribution in [0, 0.1) is 0 Å². The summed E-state index contributed by atoms with van der Waals surface area (Å²) in [6, 6.07) is 3.90. The average molecular weight is 244 g/mol. The zero-order chi connectivity index (χ0) is 12.5. The van der Waals surface area contributed by atoms with Crippen molar-refractivity contribution in [3.8, 4) is 0 Å². The summed E-state index contributed by atoms with van der Waals surface area (Å²) in [5.41, 5.74) is 6.44. The van der Waals surface area contributed by atoms with Gasteiger partial charge in [0.15, 0.2) is 0 Å². The first kappa shape index (κ1) is 12.2. The van der Waals surface area contributed by atoms with Gasteiger partial charge in [-0.1, -0.05) is 0 Å². The molecule has 0 spiro atoms. The van der Waals surface area contributed by atoms with Crippen LogP contribution in [0.15, 0.2) is 18.2 Å². The molecule has 0 aromatic heterocycles. The van der Waals surface area contributed by atoms with Gasteiger partial charge in [0.05, 0.1) is 5.56 Å². The largest absolute Gasteiger partial charge is 0.416 e. The fraction of sp³-hybridized carbons (Fsp3) is 0.500. The van der Waals surface area contributed by atoms with E-state index in [2.05, 4.69) is 5.32 Å². The van der Waals surface area contributed by atoms with E-state index >= 15 is 0 Å². The second kappa shape index (κ2) is 4.56. The Morgan fingerprint density at radius 3 is 2.76 bits per heavy atom. The molecule has 0 saturated heterocycles. The van der Waals surface area contributed by atoms with E-state index in [1.165, 1.54) is 12.1 Å². The molecular formula is C12H15F3N2. The molecule has 94 valence electrons. The molecule has 0 saturated carbocycles. The molecule has 2 rings (SSSR count). The third-order valence-corrected chi connectivity index (χ3v) is 3.11. The first-order chi connectivity index (χ1) is 8.02. The summed E-state index contributed by atoms with van der Waals surface area (Å²) in [6.45, 7) is 1.28. The van der Waals surface area contributed by atoms with Gasteiger partial charge in [-0.3, -0.25) is 0 Å². The minimum atomic E-state index is -4.27. The quantitative estimate of drug-likeness (QED) is 0.857. The Balaban J connectivity index is 2.24. The van der Waals surface area contributed by atoms with Crippen LogP contribution in [-0.2, 0) is 6.18 Å². The van der Waals surface area contributed by atoms with Crippen LogP contribution < -0.4 is 11.1 Å². The molecule has 0 fully saturated rings. The van der Waals surface area contributed by atoms with Crippen LogP contribution in [0.5, 0.6) is 0 Å². The van der Waals surface area contributed by atoms with Gasteiger partial charge in [-0.05, 0) is 43.1 Å². The van der Waals surface area contributed by atoms with Crippen LogP contribution in [-0.4, -0.2) is 13.1 Å². The number of rotatable bonds is 3. The van der Waals surface area contributed by atoms with Crippen molar-refractivity contribution in [2.45, 2.75) is 24.9 Å². The molecule has 0 aliphatic carbocycles. The molecule has 0 radical (unpaired) electrons. The van der Waals surface area contributed by atoms with Crippen molar-refractivity contribution in [2.24, 2.45) is 5.73 Å². The number of hydrogen-bond acceptors (Lipinski definition) is 2. The molecular weight excluding hydrogens is 229 g/mol. The van der Waals surface area contributed by atoms with Crippen molar-refractivity contribution in [2.75, 3.05) is 18.4 Å². The summed E-state index contributed by atoms with van der Waals surface area (Å²) >= 11 is 0. The number of nitrogens with two attached hydrogens (primary N) is 1. The smallest absolute Gasteiger partial charge is 0.384 e. The molecule has 1 heterocycles. The van der Waals surface area contributed by atoms with Gasteiger partial charge < -0.3 is 11.1 Å². The molecule has 1 aliphatic rings. The third kappa shape index (κ3) is 2.54. The van der Waals surface area contributed by atoms with Gasteiger partial charge >= 0.3 is 6.18 Å². The highest BCUT2D eigenvalue weighted by Crippen LogP contribution is 2.38. The number of halogens is 3. The molecule has 17 heavy (non-hydrogen) atoms. The Morgan fingerprint density at radius 1 is 1.35 bits per heavy atom. The van der Waals surface area contributed by atoms with E-state index in [9.17, 15) is 13.2 Å². The van der Waals surface area contributed by atoms with Crippen LogP contribution >= 0.6 is 0 Å². The minimum Gasteiger partial charge on any atom is -0.384 e. The molecule has 1 aromatic rings. The molecule has 1 aromatic carbocycles. The highest BCUT2D eigenvalue weighted by atomic mass is 19.4. The van der Waals surface area contributed by atoms with Crippen LogP contribution in [0.2, 0.25) is 0 Å². The lowest BCUT2D eigenvalue weighted by molar-refractivity contribution is -0.137. The number of nitrogens with one attached hydrogen (secondary N) is 1. The minimum absolute atomic E-state index is 0.149. The molecule has 1 unspecified atom stereocenters.